The first-order valence-electron chi connectivity index (χ1n) is 6.17. The van der Waals surface area contributed by atoms with Crippen LogP contribution in [0.25, 0.3) is 22.2 Å². The summed E-state index contributed by atoms with van der Waals surface area (Å²) in [6, 6.07) is 11.6. The minimum absolute atomic E-state index is 0.743. The SMILES string of the molecule is C#Cc1cnccc1-c1ccc2cc(OC)ccc2n1. The van der Waals surface area contributed by atoms with Crippen molar-refractivity contribution in [1.29, 1.82) is 0 Å². The van der Waals surface area contributed by atoms with Crippen LogP contribution in [-0.4, -0.2) is 17.1 Å². The van der Waals surface area contributed by atoms with E-state index in [1.54, 1.807) is 19.5 Å². The molecule has 3 rings (SSSR count). The summed E-state index contributed by atoms with van der Waals surface area (Å²) in [5, 5.41) is 1.03. The molecule has 3 heteroatoms. The van der Waals surface area contributed by atoms with Crippen molar-refractivity contribution in [2.75, 3.05) is 7.11 Å². The topological polar surface area (TPSA) is 35.0 Å². The van der Waals surface area contributed by atoms with Gasteiger partial charge in [-0.05, 0) is 30.3 Å². The van der Waals surface area contributed by atoms with Gasteiger partial charge in [0.2, 0.25) is 0 Å². The van der Waals surface area contributed by atoms with Crippen LogP contribution in [0.15, 0.2) is 48.8 Å². The van der Waals surface area contributed by atoms with E-state index in [0.29, 0.717) is 0 Å². The molecule has 0 aliphatic rings. The lowest BCUT2D eigenvalue weighted by Gasteiger charge is -2.06. The number of hydrogen-bond donors (Lipinski definition) is 0. The Morgan fingerprint density at radius 2 is 2.05 bits per heavy atom. The predicted octanol–water partition coefficient (Wildman–Crippen LogP) is 3.29. The van der Waals surface area contributed by atoms with Gasteiger partial charge in [-0.15, -0.1) is 6.42 Å². The average Bonchev–Trinajstić information content (AvgIpc) is 2.53. The van der Waals surface area contributed by atoms with Crippen molar-refractivity contribution in [2.45, 2.75) is 0 Å². The molecule has 3 aromatic rings. The lowest BCUT2D eigenvalue weighted by Crippen LogP contribution is -1.90. The van der Waals surface area contributed by atoms with Gasteiger partial charge in [0.1, 0.15) is 5.75 Å². The molecule has 0 aliphatic carbocycles. The fourth-order valence-corrected chi connectivity index (χ4v) is 2.11. The average molecular weight is 260 g/mol. The molecule has 2 heterocycles. The van der Waals surface area contributed by atoms with E-state index in [-0.39, 0.29) is 0 Å². The smallest absolute Gasteiger partial charge is 0.119 e. The Kier molecular flexibility index (Phi) is 3.06. The van der Waals surface area contributed by atoms with Crippen molar-refractivity contribution < 1.29 is 4.74 Å². The molecule has 2 aromatic heterocycles. The van der Waals surface area contributed by atoms with Crippen LogP contribution in [0.3, 0.4) is 0 Å². The lowest BCUT2D eigenvalue weighted by molar-refractivity contribution is 0.415. The van der Waals surface area contributed by atoms with Crippen LogP contribution >= 0.6 is 0 Å². The molecular formula is C17H12N2O. The van der Waals surface area contributed by atoms with Crippen LogP contribution in [0.5, 0.6) is 5.75 Å². The van der Waals surface area contributed by atoms with E-state index in [2.05, 4.69) is 15.9 Å². The molecular weight excluding hydrogens is 248 g/mol. The highest BCUT2D eigenvalue weighted by Gasteiger charge is 2.06. The zero-order valence-corrected chi connectivity index (χ0v) is 11.0. The second kappa shape index (κ2) is 5.02. The maximum absolute atomic E-state index is 5.50. The molecule has 0 aliphatic heterocycles. The molecule has 0 saturated carbocycles. The van der Waals surface area contributed by atoms with E-state index in [9.17, 15) is 0 Å². The monoisotopic (exact) mass is 260 g/mol. The molecule has 0 saturated heterocycles. The van der Waals surface area contributed by atoms with Gasteiger partial charge >= 0.3 is 0 Å². The van der Waals surface area contributed by atoms with Crippen LogP contribution in [0, 0.1) is 12.3 Å². The maximum Gasteiger partial charge on any atom is 0.119 e. The van der Waals surface area contributed by atoms with Crippen molar-refractivity contribution in [3.8, 4) is 29.4 Å². The van der Waals surface area contributed by atoms with Crippen LogP contribution in [0.4, 0.5) is 0 Å². The van der Waals surface area contributed by atoms with Gasteiger partial charge in [-0.2, -0.15) is 0 Å². The normalized spacial score (nSPS) is 10.2. The third kappa shape index (κ3) is 2.08. The highest BCUT2D eigenvalue weighted by Crippen LogP contribution is 2.25. The summed E-state index contributed by atoms with van der Waals surface area (Å²) in [5.74, 6) is 3.46. The standard InChI is InChI=1S/C17H12N2O/c1-3-12-11-18-9-8-15(12)17-6-4-13-10-14(20-2)5-7-16(13)19-17/h1,4-11H,2H3. The van der Waals surface area contributed by atoms with Gasteiger partial charge in [-0.1, -0.05) is 12.0 Å². The molecule has 20 heavy (non-hydrogen) atoms. The summed E-state index contributed by atoms with van der Waals surface area (Å²) < 4.78 is 5.21. The highest BCUT2D eigenvalue weighted by molar-refractivity contribution is 5.83. The fourth-order valence-electron chi connectivity index (χ4n) is 2.11. The van der Waals surface area contributed by atoms with Crippen molar-refractivity contribution in [3.63, 3.8) is 0 Å². The Balaban J connectivity index is 2.16. The van der Waals surface area contributed by atoms with Gasteiger partial charge in [0.15, 0.2) is 0 Å². The number of methoxy groups -OCH3 is 1. The fraction of sp³-hybridized carbons (Fsp3) is 0.0588. The minimum atomic E-state index is 0.743. The number of nitrogens with zero attached hydrogens (tertiary/aromatic N) is 2. The summed E-state index contributed by atoms with van der Waals surface area (Å²) in [4.78, 5) is 8.69. The number of pyridine rings is 2. The summed E-state index contributed by atoms with van der Waals surface area (Å²) in [5.41, 5.74) is 3.41. The maximum atomic E-state index is 5.50. The number of rotatable bonds is 2. The van der Waals surface area contributed by atoms with Gasteiger partial charge in [0.05, 0.1) is 23.9 Å². The van der Waals surface area contributed by atoms with E-state index in [1.807, 2.05) is 36.4 Å². The first-order valence-corrected chi connectivity index (χ1v) is 6.17. The summed E-state index contributed by atoms with van der Waals surface area (Å²) in [7, 11) is 1.65. The zero-order chi connectivity index (χ0) is 13.9. The second-order valence-electron chi connectivity index (χ2n) is 4.32. The Morgan fingerprint density at radius 1 is 1.15 bits per heavy atom. The van der Waals surface area contributed by atoms with Crippen LogP contribution in [0.2, 0.25) is 0 Å². The van der Waals surface area contributed by atoms with Gasteiger partial charge < -0.3 is 4.74 Å². The molecule has 0 amide bonds. The van der Waals surface area contributed by atoms with Crippen LogP contribution in [0.1, 0.15) is 5.56 Å². The Hall–Kier alpha value is -2.86. The molecule has 0 N–H and O–H groups in total. The van der Waals surface area contributed by atoms with Gasteiger partial charge in [-0.25, -0.2) is 4.98 Å². The molecule has 0 unspecified atom stereocenters. The number of aromatic nitrogens is 2. The number of ether oxygens (including phenoxy) is 1. The highest BCUT2D eigenvalue weighted by atomic mass is 16.5. The lowest BCUT2D eigenvalue weighted by atomic mass is 10.1. The summed E-state index contributed by atoms with van der Waals surface area (Å²) in [6.45, 7) is 0. The van der Waals surface area contributed by atoms with E-state index in [0.717, 1.165) is 33.5 Å². The summed E-state index contributed by atoms with van der Waals surface area (Å²) >= 11 is 0. The van der Waals surface area contributed by atoms with Gasteiger partial charge in [0, 0.05) is 23.3 Å². The molecule has 3 nitrogen and oxygen atoms in total. The van der Waals surface area contributed by atoms with Crippen molar-refractivity contribution in [1.82, 2.24) is 9.97 Å². The Morgan fingerprint density at radius 3 is 2.85 bits per heavy atom. The molecule has 0 fully saturated rings. The van der Waals surface area contributed by atoms with Crippen molar-refractivity contribution in [2.24, 2.45) is 0 Å². The zero-order valence-electron chi connectivity index (χ0n) is 11.0. The number of benzene rings is 1. The first kappa shape index (κ1) is 12.2. The largest absolute Gasteiger partial charge is 0.497 e. The van der Waals surface area contributed by atoms with E-state index >= 15 is 0 Å². The third-order valence-corrected chi connectivity index (χ3v) is 3.15. The molecule has 0 spiro atoms. The number of fused-ring (bicyclic) bond motifs is 1. The van der Waals surface area contributed by atoms with E-state index in [4.69, 9.17) is 11.2 Å². The van der Waals surface area contributed by atoms with Gasteiger partial charge in [0.25, 0.3) is 0 Å². The van der Waals surface area contributed by atoms with Crippen molar-refractivity contribution in [3.05, 3.63) is 54.4 Å². The van der Waals surface area contributed by atoms with Crippen LogP contribution in [-0.2, 0) is 0 Å². The first-order chi connectivity index (χ1) is 9.81. The second-order valence-corrected chi connectivity index (χ2v) is 4.32. The molecule has 1 aromatic carbocycles. The molecule has 96 valence electrons. The van der Waals surface area contributed by atoms with Gasteiger partial charge in [-0.3, -0.25) is 4.98 Å². The molecule has 0 radical (unpaired) electrons. The third-order valence-electron chi connectivity index (χ3n) is 3.15. The Labute approximate surface area is 117 Å². The molecule has 0 bridgehead atoms. The predicted molar refractivity (Wildman–Crippen MR) is 79.5 cm³/mol. The van der Waals surface area contributed by atoms with Crippen molar-refractivity contribution >= 4 is 10.9 Å². The minimum Gasteiger partial charge on any atom is -0.497 e. The quantitative estimate of drug-likeness (QED) is 0.663. The Bertz CT molecular complexity index is 819. The number of terminal acetylenes is 1. The van der Waals surface area contributed by atoms with Crippen LogP contribution < -0.4 is 4.74 Å². The molecule has 0 atom stereocenters. The van der Waals surface area contributed by atoms with E-state index < -0.39 is 0 Å². The summed E-state index contributed by atoms with van der Waals surface area (Å²) in [6.07, 6.45) is 8.90. The number of hydrogen-bond acceptors (Lipinski definition) is 3. The van der Waals surface area contributed by atoms with E-state index in [1.165, 1.54) is 0 Å².